The molecule has 0 aromatic carbocycles. The predicted octanol–water partition coefficient (Wildman–Crippen LogP) is 1.74. The summed E-state index contributed by atoms with van der Waals surface area (Å²) in [5.74, 6) is 0. The van der Waals surface area contributed by atoms with Gasteiger partial charge < -0.3 is 4.57 Å². The van der Waals surface area contributed by atoms with Crippen LogP contribution in [0.5, 0.6) is 0 Å². The second kappa shape index (κ2) is 4.26. The zero-order valence-electron chi connectivity index (χ0n) is 8.74. The molecule has 1 saturated heterocycles. The molecule has 0 radical (unpaired) electrons. The smallest absolute Gasteiger partial charge is 0.253 e. The molecule has 1 aliphatic heterocycles. The molecule has 0 aliphatic carbocycles. The fraction of sp³-hybridized carbons (Fsp3) is 0.700. The number of hydrogen-bond acceptors (Lipinski definition) is 2. The van der Waals surface area contributed by atoms with Gasteiger partial charge in [0, 0.05) is 25.8 Å². The zero-order chi connectivity index (χ0) is 10.8. The lowest BCUT2D eigenvalue weighted by molar-refractivity contribution is -0.0398. The van der Waals surface area contributed by atoms with Crippen LogP contribution in [0, 0.1) is 0 Å². The third kappa shape index (κ3) is 2.02. The highest BCUT2D eigenvalue weighted by molar-refractivity contribution is 5.00. The summed E-state index contributed by atoms with van der Waals surface area (Å²) in [7, 11) is 0. The minimum atomic E-state index is -2.23. The van der Waals surface area contributed by atoms with E-state index in [4.69, 9.17) is 0 Å². The van der Waals surface area contributed by atoms with Crippen LogP contribution < -0.4 is 0 Å². The summed E-state index contributed by atoms with van der Waals surface area (Å²) in [6.45, 7) is 4.21. The molecule has 1 unspecified atom stereocenters. The van der Waals surface area contributed by atoms with Crippen molar-refractivity contribution in [1.82, 2.24) is 14.5 Å². The molecule has 3 nitrogen and oxygen atoms in total. The fourth-order valence-electron chi connectivity index (χ4n) is 1.92. The molecule has 0 spiro atoms. The van der Waals surface area contributed by atoms with Crippen LogP contribution in [-0.4, -0.2) is 33.5 Å². The van der Waals surface area contributed by atoms with Gasteiger partial charge >= 0.3 is 0 Å². The summed E-state index contributed by atoms with van der Waals surface area (Å²) in [6, 6.07) is -0.551. The molecular formula is C10H15F2N3. The molecule has 1 aliphatic rings. The number of aromatic nitrogens is 2. The Kier molecular flexibility index (Phi) is 3.00. The maximum atomic E-state index is 12.5. The van der Waals surface area contributed by atoms with Gasteiger partial charge in [0.1, 0.15) is 0 Å². The van der Waals surface area contributed by atoms with E-state index in [9.17, 15) is 8.78 Å². The van der Waals surface area contributed by atoms with Crippen LogP contribution in [0.2, 0.25) is 0 Å². The Labute approximate surface area is 87.7 Å². The van der Waals surface area contributed by atoms with Crippen molar-refractivity contribution in [1.29, 1.82) is 0 Å². The lowest BCUT2D eigenvalue weighted by Crippen LogP contribution is -2.51. The average molecular weight is 215 g/mol. The summed E-state index contributed by atoms with van der Waals surface area (Å²) in [5.41, 5.74) is 1.02. The second-order valence-electron chi connectivity index (χ2n) is 3.83. The lowest BCUT2D eigenvalue weighted by atomic mass is 10.0. The van der Waals surface area contributed by atoms with E-state index in [1.807, 2.05) is 16.4 Å². The van der Waals surface area contributed by atoms with E-state index in [0.717, 1.165) is 18.8 Å². The fourth-order valence-corrected chi connectivity index (χ4v) is 1.92. The number of halogens is 2. The van der Waals surface area contributed by atoms with Crippen LogP contribution >= 0.6 is 0 Å². The first kappa shape index (κ1) is 10.5. The molecule has 0 amide bonds. The van der Waals surface area contributed by atoms with Gasteiger partial charge in [0.25, 0.3) is 6.43 Å². The van der Waals surface area contributed by atoms with E-state index < -0.39 is 12.5 Å². The standard InChI is InChI=1S/C10H15F2N3/c1-2-14-7-13-5-8(14)6-15-4-3-9(15)10(11)12/h5,7,9-10H,2-4,6H2,1H3. The zero-order valence-corrected chi connectivity index (χ0v) is 8.74. The molecule has 1 aromatic heterocycles. The van der Waals surface area contributed by atoms with Crippen LogP contribution in [0.3, 0.4) is 0 Å². The van der Waals surface area contributed by atoms with Gasteiger partial charge in [-0.25, -0.2) is 13.8 Å². The quantitative estimate of drug-likeness (QED) is 0.762. The Morgan fingerprint density at radius 2 is 2.40 bits per heavy atom. The Morgan fingerprint density at radius 3 is 2.93 bits per heavy atom. The first-order chi connectivity index (χ1) is 7.22. The largest absolute Gasteiger partial charge is 0.334 e. The molecule has 15 heavy (non-hydrogen) atoms. The first-order valence-electron chi connectivity index (χ1n) is 5.23. The van der Waals surface area contributed by atoms with Gasteiger partial charge in [-0.2, -0.15) is 0 Å². The summed E-state index contributed by atoms with van der Waals surface area (Å²) in [5, 5.41) is 0. The number of nitrogens with zero attached hydrogens (tertiary/aromatic N) is 3. The third-order valence-corrected chi connectivity index (χ3v) is 2.98. The number of alkyl halides is 2. The van der Waals surface area contributed by atoms with Gasteiger partial charge in [-0.1, -0.05) is 0 Å². The average Bonchev–Trinajstić information content (AvgIpc) is 2.58. The highest BCUT2D eigenvalue weighted by atomic mass is 19.3. The third-order valence-electron chi connectivity index (χ3n) is 2.98. The lowest BCUT2D eigenvalue weighted by Gasteiger charge is -2.40. The van der Waals surface area contributed by atoms with Crippen molar-refractivity contribution in [3.8, 4) is 0 Å². The Balaban J connectivity index is 1.97. The maximum absolute atomic E-state index is 12.5. The maximum Gasteiger partial charge on any atom is 0.253 e. The molecule has 5 heteroatoms. The number of likely N-dealkylation sites (tertiary alicyclic amines) is 1. The Hall–Kier alpha value is -0.970. The molecule has 0 saturated carbocycles. The number of imidazole rings is 1. The van der Waals surface area contributed by atoms with Crippen LogP contribution in [0.1, 0.15) is 19.0 Å². The molecule has 1 fully saturated rings. The number of hydrogen-bond donors (Lipinski definition) is 0. The predicted molar refractivity (Wildman–Crippen MR) is 52.7 cm³/mol. The summed E-state index contributed by atoms with van der Waals surface area (Å²) < 4.78 is 26.9. The van der Waals surface area contributed by atoms with Gasteiger partial charge in [0.15, 0.2) is 0 Å². The molecule has 0 bridgehead atoms. The molecule has 2 rings (SSSR count). The second-order valence-corrected chi connectivity index (χ2v) is 3.83. The van der Waals surface area contributed by atoms with Crippen molar-refractivity contribution < 1.29 is 8.78 Å². The van der Waals surface area contributed by atoms with Crippen LogP contribution in [0.25, 0.3) is 0 Å². The van der Waals surface area contributed by atoms with Crippen molar-refractivity contribution in [3.63, 3.8) is 0 Å². The van der Waals surface area contributed by atoms with Crippen molar-refractivity contribution in [2.24, 2.45) is 0 Å². The van der Waals surface area contributed by atoms with E-state index in [2.05, 4.69) is 4.98 Å². The molecule has 1 aromatic rings. The topological polar surface area (TPSA) is 21.1 Å². The molecule has 0 N–H and O–H groups in total. The van der Waals surface area contributed by atoms with Crippen LogP contribution in [-0.2, 0) is 13.1 Å². The number of rotatable bonds is 4. The summed E-state index contributed by atoms with van der Waals surface area (Å²) in [6.07, 6.45) is 1.88. The molecule has 84 valence electrons. The van der Waals surface area contributed by atoms with Gasteiger partial charge in [-0.15, -0.1) is 0 Å². The Bertz CT molecular complexity index is 324. The van der Waals surface area contributed by atoms with Crippen molar-refractivity contribution in [3.05, 3.63) is 18.2 Å². The van der Waals surface area contributed by atoms with Gasteiger partial charge in [0.05, 0.1) is 18.1 Å². The number of aryl methyl sites for hydroxylation is 1. The minimum Gasteiger partial charge on any atom is -0.334 e. The molecule has 1 atom stereocenters. The molecule has 2 heterocycles. The van der Waals surface area contributed by atoms with Crippen molar-refractivity contribution in [2.75, 3.05) is 6.54 Å². The van der Waals surface area contributed by atoms with E-state index in [1.54, 1.807) is 12.5 Å². The molecular weight excluding hydrogens is 200 g/mol. The highest BCUT2D eigenvalue weighted by Crippen LogP contribution is 2.25. The first-order valence-corrected chi connectivity index (χ1v) is 5.23. The summed E-state index contributed by atoms with van der Waals surface area (Å²) in [4.78, 5) is 5.84. The van der Waals surface area contributed by atoms with E-state index in [0.29, 0.717) is 13.0 Å². The van der Waals surface area contributed by atoms with Crippen molar-refractivity contribution in [2.45, 2.75) is 38.9 Å². The van der Waals surface area contributed by atoms with Crippen molar-refractivity contribution >= 4 is 0 Å². The Morgan fingerprint density at radius 1 is 1.60 bits per heavy atom. The summed E-state index contributed by atoms with van der Waals surface area (Å²) >= 11 is 0. The van der Waals surface area contributed by atoms with E-state index in [-0.39, 0.29) is 0 Å². The van der Waals surface area contributed by atoms with Gasteiger partial charge in [-0.3, -0.25) is 4.90 Å². The van der Waals surface area contributed by atoms with Crippen LogP contribution in [0.15, 0.2) is 12.5 Å². The minimum absolute atomic E-state index is 0.551. The monoisotopic (exact) mass is 215 g/mol. The van der Waals surface area contributed by atoms with Gasteiger partial charge in [0.2, 0.25) is 0 Å². The van der Waals surface area contributed by atoms with E-state index >= 15 is 0 Å². The highest BCUT2D eigenvalue weighted by Gasteiger charge is 2.35. The normalized spacial score (nSPS) is 22.0. The van der Waals surface area contributed by atoms with E-state index in [1.165, 1.54) is 0 Å². The SMILES string of the molecule is CCn1cncc1CN1CCC1C(F)F. The van der Waals surface area contributed by atoms with Gasteiger partial charge in [-0.05, 0) is 13.3 Å². The van der Waals surface area contributed by atoms with Crippen LogP contribution in [0.4, 0.5) is 8.78 Å².